The van der Waals surface area contributed by atoms with Crippen LogP contribution < -0.4 is 21.1 Å². The fourth-order valence-corrected chi connectivity index (χ4v) is 10.3. The first kappa shape index (κ1) is 41.4. The molecule has 2 aromatic rings. The molecule has 1 saturated heterocycles. The van der Waals surface area contributed by atoms with Crippen LogP contribution in [0.5, 0.6) is 5.88 Å². The first-order chi connectivity index (χ1) is 26.3. The zero-order chi connectivity index (χ0) is 39.0. The van der Waals surface area contributed by atoms with E-state index in [9.17, 15) is 10.1 Å². The molecule has 0 unspecified atom stereocenters. The Hall–Kier alpha value is -3.79. The maximum Gasteiger partial charge on any atom is 0.222 e. The molecule has 11 nitrogen and oxygen atoms in total. The minimum atomic E-state index is -0.733. The van der Waals surface area contributed by atoms with E-state index in [0.29, 0.717) is 67.2 Å². The second kappa shape index (κ2) is 18.2. The van der Waals surface area contributed by atoms with Gasteiger partial charge in [-0.3, -0.25) is 4.79 Å². The van der Waals surface area contributed by atoms with Crippen LogP contribution in [-0.4, -0.2) is 66.1 Å². The summed E-state index contributed by atoms with van der Waals surface area (Å²) < 4.78 is 12.9. The molecule has 2 aromatic heterocycles. The van der Waals surface area contributed by atoms with E-state index < -0.39 is 11.0 Å². The molecule has 7 rings (SSSR count). The zero-order valence-electron chi connectivity index (χ0n) is 33.9. The van der Waals surface area contributed by atoms with Crippen LogP contribution in [0.2, 0.25) is 0 Å². The number of hydrogen-bond donors (Lipinski definition) is 3. The number of Topliss-reactive ketones (excluding diaryl/α,β-unsaturated/α-hetero) is 1. The van der Waals surface area contributed by atoms with E-state index in [4.69, 9.17) is 30.2 Å². The lowest BCUT2D eigenvalue weighted by Gasteiger charge is -2.40. The van der Waals surface area contributed by atoms with Crippen LogP contribution in [-0.2, 0) is 33.5 Å². The summed E-state index contributed by atoms with van der Waals surface area (Å²) in [7, 11) is 1.98. The molecule has 0 aromatic carbocycles. The average Bonchev–Trinajstić information content (AvgIpc) is 3.92. The van der Waals surface area contributed by atoms with E-state index in [1.165, 1.54) is 4.88 Å². The van der Waals surface area contributed by atoms with Crippen LogP contribution in [0.3, 0.4) is 0 Å². The monoisotopic (exact) mass is 760 g/mol. The van der Waals surface area contributed by atoms with E-state index in [2.05, 4.69) is 35.5 Å². The lowest BCUT2D eigenvalue weighted by molar-refractivity contribution is -0.122. The number of aromatic nitrogens is 2. The molecule has 1 saturated carbocycles. The summed E-state index contributed by atoms with van der Waals surface area (Å²) in [6.07, 6.45) is 12.3. The van der Waals surface area contributed by atoms with Gasteiger partial charge < -0.3 is 30.7 Å². The number of aliphatic imine (C=N–C) groups is 1. The first-order valence-electron chi connectivity index (χ1n) is 20.4. The van der Waals surface area contributed by atoms with Gasteiger partial charge in [0.25, 0.3) is 0 Å². The number of nitrogens with zero attached hydrogens (tertiary/aromatic N) is 5. The molecule has 2 aliphatic carbocycles. The molecular formula is C42H64N8O3S. The van der Waals surface area contributed by atoms with Crippen molar-refractivity contribution in [2.45, 2.75) is 136 Å². The van der Waals surface area contributed by atoms with E-state index in [-0.39, 0.29) is 13.3 Å². The third-order valence-corrected chi connectivity index (χ3v) is 12.9. The van der Waals surface area contributed by atoms with Gasteiger partial charge in [0.15, 0.2) is 17.6 Å². The van der Waals surface area contributed by atoms with Crippen molar-refractivity contribution in [2.24, 2.45) is 16.6 Å². The number of aryl methyl sites for hydroxylation is 2. The summed E-state index contributed by atoms with van der Waals surface area (Å²) in [5.41, 5.74) is 10.1. The highest BCUT2D eigenvalue weighted by atomic mass is 32.1. The van der Waals surface area contributed by atoms with Gasteiger partial charge in [0, 0.05) is 36.0 Å². The fraction of sp³-hybridized carbons (Fsp3) is 0.643. The van der Waals surface area contributed by atoms with Crippen LogP contribution in [0.15, 0.2) is 22.8 Å². The van der Waals surface area contributed by atoms with Crippen molar-refractivity contribution in [3.05, 3.63) is 55.8 Å². The fourth-order valence-electron chi connectivity index (χ4n) is 9.04. The summed E-state index contributed by atoms with van der Waals surface area (Å²) in [6.45, 7) is 17.5. The third-order valence-electron chi connectivity index (χ3n) is 11.7. The van der Waals surface area contributed by atoms with Crippen molar-refractivity contribution in [1.29, 1.82) is 5.26 Å². The SMILES string of the molecule is CC.CC.CC[C@@H](CCCNC)[C@H](C)Oc1nc(/C(N)=C2\CCC[C@@]3(CCCc4sc(C)c(C#N)c43)C2=O)nc2c1CN(C1=NCC=CN1)[C@]21CCOC1.[HH]. The molecule has 5 aliphatic rings. The molecule has 4 atom stereocenters. The van der Waals surface area contributed by atoms with Crippen LogP contribution in [0.1, 0.15) is 139 Å². The Morgan fingerprint density at radius 1 is 1.22 bits per heavy atom. The number of thiophene rings is 1. The Labute approximate surface area is 328 Å². The standard InChI is InChI=1S/C38H50N8O3S.2C2H6.H2/c1-5-25(10-8-16-41-4)23(2)49-35-28-21-46(36-42-17-9-18-43-36)38(15-19-48-22-38)32(28)44-34(45-35)31(40)26-11-6-13-37(33(26)47)14-7-12-29-30(37)27(20-39)24(3)50-29;2*1-2;/h9,17,23,25,41H,5-8,10-16,18-19,21-22,40H2,1-4H3,(H,42,43);2*1-2H3;1H/b31-26-;;;/t23-,25-,37-,38-;;;/m0.../s1. The Bertz CT molecular complexity index is 1790. The number of nitrogens with one attached hydrogen (secondary N) is 2. The lowest BCUT2D eigenvalue weighted by Crippen LogP contribution is -2.50. The van der Waals surface area contributed by atoms with Gasteiger partial charge in [0.2, 0.25) is 5.88 Å². The molecule has 54 heavy (non-hydrogen) atoms. The normalized spacial score (nSPS) is 24.6. The Kier molecular flexibility index (Phi) is 14.0. The van der Waals surface area contributed by atoms with Crippen LogP contribution in [0.4, 0.5) is 0 Å². The molecule has 12 heteroatoms. The first-order valence-corrected chi connectivity index (χ1v) is 21.2. The molecule has 4 N–H and O–H groups in total. The number of fused-ring (bicyclic) bond motifs is 4. The number of allylic oxidation sites excluding steroid dienone is 1. The lowest BCUT2D eigenvalue weighted by atomic mass is 9.61. The average molecular weight is 761 g/mol. The zero-order valence-corrected chi connectivity index (χ0v) is 34.7. The molecule has 296 valence electrons. The second-order valence-electron chi connectivity index (χ2n) is 14.5. The number of carbonyl (C=O) groups excluding carboxylic acids is 1. The predicted molar refractivity (Wildman–Crippen MR) is 219 cm³/mol. The smallest absolute Gasteiger partial charge is 0.222 e. The highest BCUT2D eigenvalue weighted by molar-refractivity contribution is 7.12. The maximum atomic E-state index is 14.8. The van der Waals surface area contributed by atoms with Crippen molar-refractivity contribution in [3.8, 4) is 11.9 Å². The van der Waals surface area contributed by atoms with E-state index >= 15 is 0 Å². The molecule has 0 amide bonds. The molecule has 0 radical (unpaired) electrons. The highest BCUT2D eigenvalue weighted by Gasteiger charge is 2.53. The van der Waals surface area contributed by atoms with Crippen molar-refractivity contribution < 1.29 is 15.7 Å². The van der Waals surface area contributed by atoms with Crippen LogP contribution in [0.25, 0.3) is 5.70 Å². The highest BCUT2D eigenvalue weighted by Crippen LogP contribution is 2.52. The molecule has 2 spiro atoms. The van der Waals surface area contributed by atoms with Gasteiger partial charge in [-0.2, -0.15) is 10.2 Å². The van der Waals surface area contributed by atoms with Crippen molar-refractivity contribution in [2.75, 3.05) is 33.4 Å². The molecule has 3 aliphatic heterocycles. The number of nitrogens with two attached hydrogens (primary N) is 1. The van der Waals surface area contributed by atoms with Gasteiger partial charge in [-0.05, 0) is 103 Å². The minimum absolute atomic E-state index is 0. The van der Waals surface area contributed by atoms with Gasteiger partial charge in [-0.15, -0.1) is 11.3 Å². The summed E-state index contributed by atoms with van der Waals surface area (Å²) in [5.74, 6) is 2.00. The third kappa shape index (κ3) is 7.44. The Balaban J connectivity index is 0.00000130. The largest absolute Gasteiger partial charge is 0.474 e. The number of carbonyl (C=O) groups is 1. The topological polar surface area (TPSA) is 151 Å². The number of ether oxygens (including phenoxy) is 2. The Morgan fingerprint density at radius 2 is 1.98 bits per heavy atom. The molecule has 5 heterocycles. The quantitative estimate of drug-likeness (QED) is 0.174. The summed E-state index contributed by atoms with van der Waals surface area (Å²) in [4.78, 5) is 34.4. The summed E-state index contributed by atoms with van der Waals surface area (Å²) >= 11 is 1.67. The molecule has 2 fully saturated rings. The van der Waals surface area contributed by atoms with E-state index in [0.717, 1.165) is 92.0 Å². The van der Waals surface area contributed by atoms with E-state index in [1.807, 2.05) is 53.9 Å². The summed E-state index contributed by atoms with van der Waals surface area (Å²) in [6, 6.07) is 2.44. The maximum absolute atomic E-state index is 14.8. The van der Waals surface area contributed by atoms with Crippen LogP contribution >= 0.6 is 11.3 Å². The van der Waals surface area contributed by atoms with Crippen LogP contribution in [0, 0.1) is 24.2 Å². The number of nitriles is 1. The minimum Gasteiger partial charge on any atom is -0.474 e. The van der Waals surface area contributed by atoms with Crippen molar-refractivity contribution in [1.82, 2.24) is 25.5 Å². The molecule has 0 bridgehead atoms. The van der Waals surface area contributed by atoms with Gasteiger partial charge in [-0.1, -0.05) is 34.6 Å². The Morgan fingerprint density at radius 3 is 2.63 bits per heavy atom. The number of ketones is 1. The van der Waals surface area contributed by atoms with Crippen molar-refractivity contribution >= 4 is 28.8 Å². The van der Waals surface area contributed by atoms with E-state index in [1.54, 1.807) is 11.3 Å². The summed E-state index contributed by atoms with van der Waals surface area (Å²) in [5, 5.41) is 16.8. The van der Waals surface area contributed by atoms with Gasteiger partial charge in [0.1, 0.15) is 17.7 Å². The van der Waals surface area contributed by atoms with Gasteiger partial charge >= 0.3 is 0 Å². The van der Waals surface area contributed by atoms with Gasteiger partial charge in [0.05, 0.1) is 47.6 Å². The number of rotatable bonds is 9. The number of hydrogen-bond acceptors (Lipinski definition) is 12. The van der Waals surface area contributed by atoms with Gasteiger partial charge in [-0.25, -0.2) is 9.98 Å². The number of guanidine groups is 1. The van der Waals surface area contributed by atoms with Crippen molar-refractivity contribution in [3.63, 3.8) is 0 Å². The molecular weight excluding hydrogens is 697 g/mol. The second-order valence-corrected chi connectivity index (χ2v) is 15.8. The predicted octanol–water partition coefficient (Wildman–Crippen LogP) is 7.41.